The lowest BCUT2D eigenvalue weighted by Gasteiger charge is -2.36. The molecule has 0 spiro atoms. The van der Waals surface area contributed by atoms with Crippen LogP contribution < -0.4 is 0 Å². The van der Waals surface area contributed by atoms with Crippen molar-refractivity contribution in [3.05, 3.63) is 29.8 Å². The molecule has 2 fully saturated rings. The summed E-state index contributed by atoms with van der Waals surface area (Å²) in [7, 11) is -3.90. The van der Waals surface area contributed by atoms with Gasteiger partial charge < -0.3 is 9.47 Å². The largest absolute Gasteiger partial charge is 0.416 e. The topological polar surface area (TPSA) is 55.8 Å². The smallest absolute Gasteiger partial charge is 0.349 e. The van der Waals surface area contributed by atoms with Gasteiger partial charge in [-0.2, -0.15) is 17.5 Å². The minimum Gasteiger partial charge on any atom is -0.349 e. The first kappa shape index (κ1) is 17.7. The molecule has 0 N–H and O–H groups in total. The Kier molecular flexibility index (Phi) is 4.87. The number of rotatable bonds is 3. The molecule has 1 aromatic carbocycles. The van der Waals surface area contributed by atoms with E-state index in [1.54, 1.807) is 0 Å². The van der Waals surface area contributed by atoms with Crippen molar-refractivity contribution < 1.29 is 31.1 Å². The zero-order valence-corrected chi connectivity index (χ0v) is 13.6. The van der Waals surface area contributed by atoms with E-state index < -0.39 is 34.1 Å². The molecule has 2 saturated heterocycles. The molecule has 0 aromatic heterocycles. The molecule has 2 aliphatic rings. The van der Waals surface area contributed by atoms with Crippen LogP contribution in [0.2, 0.25) is 0 Å². The minimum absolute atomic E-state index is 0.152. The van der Waals surface area contributed by atoms with Gasteiger partial charge in [0.05, 0.1) is 29.7 Å². The summed E-state index contributed by atoms with van der Waals surface area (Å²) >= 11 is 0. The highest BCUT2D eigenvalue weighted by Crippen LogP contribution is 2.32. The normalized spacial score (nSPS) is 24.4. The number of benzene rings is 1. The van der Waals surface area contributed by atoms with Gasteiger partial charge >= 0.3 is 6.18 Å². The van der Waals surface area contributed by atoms with Gasteiger partial charge in [0.15, 0.2) is 6.29 Å². The van der Waals surface area contributed by atoms with Gasteiger partial charge in [-0.05, 0) is 37.1 Å². The highest BCUT2D eigenvalue weighted by molar-refractivity contribution is 7.89. The summed E-state index contributed by atoms with van der Waals surface area (Å²) in [6.07, 6.45) is -2.96. The Labute approximate surface area is 138 Å². The van der Waals surface area contributed by atoms with E-state index in [1.807, 2.05) is 0 Å². The van der Waals surface area contributed by atoms with Crippen LogP contribution in [-0.2, 0) is 25.7 Å². The fourth-order valence-electron chi connectivity index (χ4n) is 3.05. The molecule has 3 rings (SSSR count). The van der Waals surface area contributed by atoms with Crippen LogP contribution in [0.5, 0.6) is 0 Å². The van der Waals surface area contributed by atoms with Gasteiger partial charge in [0.2, 0.25) is 10.0 Å². The fourth-order valence-corrected chi connectivity index (χ4v) is 4.73. The molecule has 9 heteroatoms. The molecule has 24 heavy (non-hydrogen) atoms. The Morgan fingerprint density at radius 3 is 2.25 bits per heavy atom. The van der Waals surface area contributed by atoms with Gasteiger partial charge in [-0.15, -0.1) is 0 Å². The molecule has 2 aliphatic heterocycles. The summed E-state index contributed by atoms with van der Waals surface area (Å²) in [4.78, 5) is -0.152. The van der Waals surface area contributed by atoms with E-state index in [1.165, 1.54) is 4.31 Å². The van der Waals surface area contributed by atoms with Crippen LogP contribution in [0.4, 0.5) is 13.2 Å². The third-order valence-electron chi connectivity index (χ3n) is 4.25. The predicted octanol–water partition coefficient (Wildman–Crippen LogP) is 2.62. The second kappa shape index (κ2) is 6.62. The van der Waals surface area contributed by atoms with Crippen molar-refractivity contribution in [1.29, 1.82) is 0 Å². The zero-order valence-electron chi connectivity index (χ0n) is 12.8. The van der Waals surface area contributed by atoms with Crippen LogP contribution >= 0.6 is 0 Å². The fraction of sp³-hybridized carbons (Fsp3) is 0.600. The lowest BCUT2D eigenvalue weighted by molar-refractivity contribution is -0.137. The highest BCUT2D eigenvalue weighted by Gasteiger charge is 2.40. The maximum absolute atomic E-state index is 12.8. The molecule has 0 saturated carbocycles. The summed E-state index contributed by atoms with van der Waals surface area (Å²) in [6, 6.07) is 3.12. The number of halogens is 3. The van der Waals surface area contributed by atoms with Crippen molar-refractivity contribution >= 4 is 10.0 Å². The number of alkyl halides is 3. The second-order valence-corrected chi connectivity index (χ2v) is 7.70. The van der Waals surface area contributed by atoms with Crippen molar-refractivity contribution in [3.63, 3.8) is 0 Å². The van der Waals surface area contributed by atoms with Crippen LogP contribution in [-0.4, -0.2) is 44.8 Å². The van der Waals surface area contributed by atoms with Gasteiger partial charge in [0.25, 0.3) is 0 Å². The molecule has 1 unspecified atom stereocenters. The van der Waals surface area contributed by atoms with Crippen LogP contribution in [0.25, 0.3) is 0 Å². The number of piperidine rings is 1. The van der Waals surface area contributed by atoms with Gasteiger partial charge in [0, 0.05) is 6.54 Å². The number of sulfonamides is 1. The van der Waals surface area contributed by atoms with E-state index >= 15 is 0 Å². The van der Waals surface area contributed by atoms with E-state index in [2.05, 4.69) is 0 Å². The van der Waals surface area contributed by atoms with Crippen molar-refractivity contribution in [2.45, 2.75) is 42.7 Å². The Morgan fingerprint density at radius 2 is 1.67 bits per heavy atom. The summed E-state index contributed by atoms with van der Waals surface area (Å²) in [5, 5.41) is 0. The second-order valence-electron chi connectivity index (χ2n) is 5.81. The van der Waals surface area contributed by atoms with Gasteiger partial charge in [-0.1, -0.05) is 6.42 Å². The van der Waals surface area contributed by atoms with Crippen molar-refractivity contribution in [2.75, 3.05) is 19.8 Å². The molecule has 0 aliphatic carbocycles. The van der Waals surface area contributed by atoms with E-state index in [0.717, 1.165) is 30.7 Å². The SMILES string of the molecule is O=S(=O)(c1ccc(C(F)(F)F)cc1)N1CCCCC1C1OCCO1. The Hall–Kier alpha value is -1.16. The lowest BCUT2D eigenvalue weighted by atomic mass is 10.0. The van der Waals surface area contributed by atoms with Crippen LogP contribution in [0, 0.1) is 0 Å². The highest BCUT2D eigenvalue weighted by atomic mass is 32.2. The molecule has 5 nitrogen and oxygen atoms in total. The number of hydrogen-bond donors (Lipinski definition) is 0. The van der Waals surface area contributed by atoms with Crippen LogP contribution in [0.3, 0.4) is 0 Å². The van der Waals surface area contributed by atoms with E-state index in [-0.39, 0.29) is 4.90 Å². The van der Waals surface area contributed by atoms with E-state index in [4.69, 9.17) is 9.47 Å². The van der Waals surface area contributed by atoms with Gasteiger partial charge in [-0.3, -0.25) is 0 Å². The molecule has 2 heterocycles. The molecular formula is C15H18F3NO4S. The van der Waals surface area contributed by atoms with Crippen molar-refractivity contribution in [2.24, 2.45) is 0 Å². The molecule has 1 atom stereocenters. The third kappa shape index (κ3) is 3.44. The molecule has 1 aromatic rings. The maximum atomic E-state index is 12.8. The first-order chi connectivity index (χ1) is 11.3. The van der Waals surface area contributed by atoms with Crippen molar-refractivity contribution in [1.82, 2.24) is 4.31 Å². The van der Waals surface area contributed by atoms with Crippen LogP contribution in [0.15, 0.2) is 29.2 Å². The Morgan fingerprint density at radius 1 is 1.04 bits per heavy atom. The predicted molar refractivity (Wildman–Crippen MR) is 78.7 cm³/mol. The average molecular weight is 365 g/mol. The molecule has 0 bridgehead atoms. The summed E-state index contributed by atoms with van der Waals surface area (Å²) < 4.78 is 75.8. The summed E-state index contributed by atoms with van der Waals surface area (Å²) in [5.41, 5.74) is -0.876. The maximum Gasteiger partial charge on any atom is 0.416 e. The lowest BCUT2D eigenvalue weighted by Crippen LogP contribution is -2.50. The number of hydrogen-bond acceptors (Lipinski definition) is 4. The third-order valence-corrected chi connectivity index (χ3v) is 6.19. The van der Waals surface area contributed by atoms with E-state index in [0.29, 0.717) is 32.6 Å². The number of nitrogens with zero attached hydrogens (tertiary/aromatic N) is 1. The van der Waals surface area contributed by atoms with Crippen LogP contribution in [0.1, 0.15) is 24.8 Å². The molecule has 0 radical (unpaired) electrons. The molecule has 134 valence electrons. The minimum atomic E-state index is -4.50. The standard InChI is InChI=1S/C15H18F3NO4S/c16-15(17,18)11-4-6-12(7-5-11)24(20,21)19-8-2-1-3-13(19)14-22-9-10-23-14/h4-7,13-14H,1-3,8-10H2. The zero-order chi connectivity index (χ0) is 17.4. The first-order valence-electron chi connectivity index (χ1n) is 7.72. The Bertz CT molecular complexity index is 669. The number of ether oxygens (including phenoxy) is 2. The summed E-state index contributed by atoms with van der Waals surface area (Å²) in [6.45, 7) is 1.13. The summed E-state index contributed by atoms with van der Waals surface area (Å²) in [5.74, 6) is 0. The first-order valence-corrected chi connectivity index (χ1v) is 9.16. The molecular weight excluding hydrogens is 347 g/mol. The average Bonchev–Trinajstić information content (AvgIpc) is 3.08. The van der Waals surface area contributed by atoms with E-state index in [9.17, 15) is 21.6 Å². The van der Waals surface area contributed by atoms with Gasteiger partial charge in [0.1, 0.15) is 0 Å². The van der Waals surface area contributed by atoms with Crippen molar-refractivity contribution in [3.8, 4) is 0 Å². The molecule has 0 amide bonds. The monoisotopic (exact) mass is 365 g/mol. The quantitative estimate of drug-likeness (QED) is 0.826. The van der Waals surface area contributed by atoms with Gasteiger partial charge in [-0.25, -0.2) is 8.42 Å². The Balaban J connectivity index is 1.87.